The zero-order valence-corrected chi connectivity index (χ0v) is 14.7. The molecule has 0 aliphatic carbocycles. The number of carbonyl (C=O) groups is 1. The summed E-state index contributed by atoms with van der Waals surface area (Å²) in [4.78, 5) is 20.3. The predicted molar refractivity (Wildman–Crippen MR) is 89.7 cm³/mol. The SMILES string of the molecule is CCc1nc(C2CC(=O)Nc3c2c(C(C)(C)C)nn3C)c(C)[nH]1. The minimum absolute atomic E-state index is 0.0198. The van der Waals surface area contributed by atoms with Crippen molar-refractivity contribution in [3.05, 3.63) is 28.5 Å². The summed E-state index contributed by atoms with van der Waals surface area (Å²) in [6, 6.07) is 0. The van der Waals surface area contributed by atoms with Gasteiger partial charge in [-0.15, -0.1) is 0 Å². The standard InChI is InChI=1S/C17H25N5O/c1-7-11-18-9(2)14(19-11)10-8-12(23)20-16-13(10)15(17(3,4)5)21-22(16)6/h10H,7-8H2,1-6H3,(H,18,19)(H,20,23). The van der Waals surface area contributed by atoms with Gasteiger partial charge in [-0.25, -0.2) is 4.98 Å². The minimum Gasteiger partial charge on any atom is -0.346 e. The van der Waals surface area contributed by atoms with Crippen molar-refractivity contribution in [3.63, 3.8) is 0 Å². The molecule has 3 rings (SSSR count). The van der Waals surface area contributed by atoms with E-state index in [1.807, 2.05) is 14.0 Å². The minimum atomic E-state index is -0.0938. The van der Waals surface area contributed by atoms with Crippen molar-refractivity contribution >= 4 is 11.7 Å². The molecular formula is C17H25N5O. The molecule has 1 atom stereocenters. The molecule has 0 spiro atoms. The smallest absolute Gasteiger partial charge is 0.226 e. The molecule has 6 heteroatoms. The second kappa shape index (κ2) is 5.22. The number of rotatable bonds is 2. The summed E-state index contributed by atoms with van der Waals surface area (Å²) >= 11 is 0. The number of nitrogens with zero attached hydrogens (tertiary/aromatic N) is 3. The third kappa shape index (κ3) is 2.56. The summed E-state index contributed by atoms with van der Waals surface area (Å²) in [6.07, 6.45) is 1.27. The quantitative estimate of drug-likeness (QED) is 0.894. The first-order chi connectivity index (χ1) is 10.7. The van der Waals surface area contributed by atoms with Crippen LogP contribution in [0.2, 0.25) is 0 Å². The number of aromatic nitrogens is 4. The molecule has 124 valence electrons. The molecule has 1 unspecified atom stereocenters. The number of anilines is 1. The molecule has 2 aromatic heterocycles. The van der Waals surface area contributed by atoms with E-state index in [2.05, 4.69) is 38.0 Å². The maximum Gasteiger partial charge on any atom is 0.226 e. The first-order valence-corrected chi connectivity index (χ1v) is 8.15. The summed E-state index contributed by atoms with van der Waals surface area (Å²) in [6.45, 7) is 10.6. The van der Waals surface area contributed by atoms with E-state index in [1.54, 1.807) is 4.68 Å². The van der Waals surface area contributed by atoms with Crippen LogP contribution in [0, 0.1) is 6.92 Å². The summed E-state index contributed by atoms with van der Waals surface area (Å²) in [5, 5.41) is 7.68. The van der Waals surface area contributed by atoms with E-state index in [0.29, 0.717) is 6.42 Å². The van der Waals surface area contributed by atoms with Crippen LogP contribution in [-0.2, 0) is 23.7 Å². The van der Waals surface area contributed by atoms with Gasteiger partial charge >= 0.3 is 0 Å². The van der Waals surface area contributed by atoms with Gasteiger partial charge in [0.1, 0.15) is 11.6 Å². The predicted octanol–water partition coefficient (Wildman–Crippen LogP) is 2.79. The van der Waals surface area contributed by atoms with Crippen molar-refractivity contribution in [3.8, 4) is 0 Å². The summed E-state index contributed by atoms with van der Waals surface area (Å²) in [5.41, 5.74) is 4.05. The fourth-order valence-electron chi connectivity index (χ4n) is 3.32. The van der Waals surface area contributed by atoms with Gasteiger partial charge in [-0.1, -0.05) is 27.7 Å². The molecule has 1 aliphatic heterocycles. The molecule has 2 N–H and O–H groups in total. The molecule has 0 radical (unpaired) electrons. The van der Waals surface area contributed by atoms with Gasteiger partial charge in [0.25, 0.3) is 0 Å². The van der Waals surface area contributed by atoms with Crippen molar-refractivity contribution in [2.45, 2.75) is 58.8 Å². The Morgan fingerprint density at radius 2 is 2.04 bits per heavy atom. The lowest BCUT2D eigenvalue weighted by Gasteiger charge is -2.26. The number of aryl methyl sites for hydroxylation is 3. The zero-order valence-electron chi connectivity index (χ0n) is 14.7. The number of nitrogens with one attached hydrogen (secondary N) is 2. The fourth-order valence-corrected chi connectivity index (χ4v) is 3.32. The Hall–Kier alpha value is -2.11. The van der Waals surface area contributed by atoms with Crippen molar-refractivity contribution < 1.29 is 4.79 Å². The number of fused-ring (bicyclic) bond motifs is 1. The van der Waals surface area contributed by atoms with Gasteiger partial charge in [-0.05, 0) is 6.92 Å². The number of hydrogen-bond acceptors (Lipinski definition) is 3. The van der Waals surface area contributed by atoms with Crippen LogP contribution >= 0.6 is 0 Å². The highest BCUT2D eigenvalue weighted by molar-refractivity contribution is 5.94. The van der Waals surface area contributed by atoms with Crippen LogP contribution in [0.3, 0.4) is 0 Å². The first kappa shape index (κ1) is 15.8. The molecule has 6 nitrogen and oxygen atoms in total. The highest BCUT2D eigenvalue weighted by atomic mass is 16.1. The van der Waals surface area contributed by atoms with Gasteiger partial charge < -0.3 is 10.3 Å². The Morgan fingerprint density at radius 3 is 2.61 bits per heavy atom. The van der Waals surface area contributed by atoms with E-state index in [0.717, 1.165) is 40.7 Å². The Labute approximate surface area is 136 Å². The van der Waals surface area contributed by atoms with Crippen LogP contribution in [0.5, 0.6) is 0 Å². The lowest BCUT2D eigenvalue weighted by molar-refractivity contribution is -0.116. The van der Waals surface area contributed by atoms with Crippen LogP contribution < -0.4 is 5.32 Å². The van der Waals surface area contributed by atoms with Gasteiger partial charge in [0.15, 0.2) is 0 Å². The van der Waals surface area contributed by atoms with E-state index >= 15 is 0 Å². The third-order valence-electron chi connectivity index (χ3n) is 4.43. The van der Waals surface area contributed by atoms with Crippen molar-refractivity contribution in [1.29, 1.82) is 0 Å². The van der Waals surface area contributed by atoms with E-state index in [1.165, 1.54) is 0 Å². The van der Waals surface area contributed by atoms with Gasteiger partial charge in [-0.2, -0.15) is 5.10 Å². The largest absolute Gasteiger partial charge is 0.346 e. The molecule has 23 heavy (non-hydrogen) atoms. The number of amides is 1. The van der Waals surface area contributed by atoms with Crippen LogP contribution in [0.4, 0.5) is 5.82 Å². The number of hydrogen-bond donors (Lipinski definition) is 2. The zero-order chi connectivity index (χ0) is 16.9. The lowest BCUT2D eigenvalue weighted by atomic mass is 9.81. The topological polar surface area (TPSA) is 75.6 Å². The lowest BCUT2D eigenvalue weighted by Crippen LogP contribution is -2.26. The highest BCUT2D eigenvalue weighted by Gasteiger charge is 2.38. The van der Waals surface area contributed by atoms with Gasteiger partial charge in [0, 0.05) is 42.5 Å². The Bertz CT molecular complexity index is 763. The molecule has 0 saturated carbocycles. The van der Waals surface area contributed by atoms with Crippen LogP contribution in [0.15, 0.2) is 0 Å². The average Bonchev–Trinajstić information content (AvgIpc) is 2.99. The van der Waals surface area contributed by atoms with Crippen LogP contribution in [-0.4, -0.2) is 25.7 Å². The molecule has 2 aromatic rings. The maximum absolute atomic E-state index is 12.2. The fraction of sp³-hybridized carbons (Fsp3) is 0.588. The molecule has 0 saturated heterocycles. The second-order valence-corrected chi connectivity index (χ2v) is 7.34. The van der Waals surface area contributed by atoms with Crippen molar-refractivity contribution in [2.24, 2.45) is 7.05 Å². The van der Waals surface area contributed by atoms with E-state index in [-0.39, 0.29) is 17.2 Å². The molecule has 0 aromatic carbocycles. The van der Waals surface area contributed by atoms with Crippen molar-refractivity contribution in [1.82, 2.24) is 19.7 Å². The number of aromatic amines is 1. The van der Waals surface area contributed by atoms with Crippen LogP contribution in [0.25, 0.3) is 0 Å². The van der Waals surface area contributed by atoms with Crippen molar-refractivity contribution in [2.75, 3.05) is 5.32 Å². The Balaban J connectivity index is 2.21. The Kier molecular flexibility index (Phi) is 3.58. The highest BCUT2D eigenvalue weighted by Crippen LogP contribution is 2.42. The molecule has 0 bridgehead atoms. The number of imidazole rings is 1. The van der Waals surface area contributed by atoms with Gasteiger partial charge in [-0.3, -0.25) is 9.48 Å². The monoisotopic (exact) mass is 315 g/mol. The molecule has 1 amide bonds. The molecule has 0 fully saturated rings. The molecule has 1 aliphatic rings. The first-order valence-electron chi connectivity index (χ1n) is 8.15. The second-order valence-electron chi connectivity index (χ2n) is 7.34. The maximum atomic E-state index is 12.2. The Morgan fingerprint density at radius 1 is 1.35 bits per heavy atom. The number of carbonyl (C=O) groups excluding carboxylic acids is 1. The van der Waals surface area contributed by atoms with E-state index in [4.69, 9.17) is 10.1 Å². The van der Waals surface area contributed by atoms with Crippen LogP contribution in [0.1, 0.15) is 68.5 Å². The van der Waals surface area contributed by atoms with E-state index in [9.17, 15) is 4.79 Å². The molecular weight excluding hydrogens is 290 g/mol. The van der Waals surface area contributed by atoms with Gasteiger partial charge in [0.2, 0.25) is 5.91 Å². The third-order valence-corrected chi connectivity index (χ3v) is 4.43. The summed E-state index contributed by atoms with van der Waals surface area (Å²) in [5.74, 6) is 1.74. The number of H-pyrrole nitrogens is 1. The van der Waals surface area contributed by atoms with E-state index < -0.39 is 0 Å². The summed E-state index contributed by atoms with van der Waals surface area (Å²) in [7, 11) is 1.88. The normalized spacial score (nSPS) is 18.0. The molecule has 3 heterocycles. The average molecular weight is 315 g/mol. The van der Waals surface area contributed by atoms with Gasteiger partial charge in [0.05, 0.1) is 11.4 Å². The summed E-state index contributed by atoms with van der Waals surface area (Å²) < 4.78 is 1.78.